The van der Waals surface area contributed by atoms with E-state index in [1.54, 1.807) is 7.11 Å². The third-order valence-corrected chi connectivity index (χ3v) is 7.09. The standard InChI is InChI=1S/C20H29N3O6S/c1-14-9-15(2)12-22(11-14)30(26,27)16-5-6-17-18(10-16)29-20(25)23(17)13-19(24)21-7-4-8-28-3/h5-6,10,14-15H,4,7-9,11-13H2,1-3H3,(H,21,24)/t14-,15-/m1/s1. The number of aromatic nitrogens is 1. The quantitative estimate of drug-likeness (QED) is 0.623. The van der Waals surface area contributed by atoms with E-state index in [1.807, 2.05) is 13.8 Å². The summed E-state index contributed by atoms with van der Waals surface area (Å²) in [5.41, 5.74) is 0.526. The third kappa shape index (κ3) is 4.93. The highest BCUT2D eigenvalue weighted by Gasteiger charge is 2.32. The predicted molar refractivity (Wildman–Crippen MR) is 112 cm³/mol. The fourth-order valence-electron chi connectivity index (χ4n) is 3.95. The summed E-state index contributed by atoms with van der Waals surface area (Å²) in [6, 6.07) is 4.34. The fraction of sp³-hybridized carbons (Fsp3) is 0.600. The number of nitrogens with zero attached hydrogens (tertiary/aromatic N) is 2. The number of piperidine rings is 1. The zero-order chi connectivity index (χ0) is 21.9. The smallest absolute Gasteiger partial charge is 0.408 e. The van der Waals surface area contributed by atoms with Gasteiger partial charge in [-0.1, -0.05) is 13.8 Å². The van der Waals surface area contributed by atoms with E-state index >= 15 is 0 Å². The summed E-state index contributed by atoms with van der Waals surface area (Å²) in [5.74, 6) is -0.460. The number of ether oxygens (including phenoxy) is 1. The monoisotopic (exact) mass is 439 g/mol. The maximum Gasteiger partial charge on any atom is 0.420 e. The van der Waals surface area contributed by atoms with Crippen molar-refractivity contribution in [2.24, 2.45) is 11.8 Å². The van der Waals surface area contributed by atoms with Gasteiger partial charge < -0.3 is 14.5 Å². The van der Waals surface area contributed by atoms with Gasteiger partial charge in [0.15, 0.2) is 5.58 Å². The normalized spacial score (nSPS) is 20.5. The van der Waals surface area contributed by atoms with Gasteiger partial charge >= 0.3 is 5.76 Å². The molecule has 0 bridgehead atoms. The molecular weight excluding hydrogens is 410 g/mol. The van der Waals surface area contributed by atoms with E-state index in [4.69, 9.17) is 9.15 Å². The Hall–Kier alpha value is -2.17. The van der Waals surface area contributed by atoms with Gasteiger partial charge in [0.25, 0.3) is 0 Å². The van der Waals surface area contributed by atoms with Crippen LogP contribution in [-0.4, -0.2) is 56.5 Å². The van der Waals surface area contributed by atoms with Crippen molar-refractivity contribution in [2.45, 2.75) is 38.1 Å². The first-order chi connectivity index (χ1) is 14.2. The highest BCUT2D eigenvalue weighted by molar-refractivity contribution is 7.89. The average molecular weight is 440 g/mol. The van der Waals surface area contributed by atoms with Gasteiger partial charge in [0.1, 0.15) is 6.54 Å². The number of carbonyl (C=O) groups is 1. The zero-order valence-electron chi connectivity index (χ0n) is 17.6. The minimum Gasteiger partial charge on any atom is -0.408 e. The number of methoxy groups -OCH3 is 1. The highest BCUT2D eigenvalue weighted by atomic mass is 32.2. The number of sulfonamides is 1. The van der Waals surface area contributed by atoms with E-state index in [-0.39, 0.29) is 34.8 Å². The van der Waals surface area contributed by atoms with Crippen LogP contribution in [0.25, 0.3) is 11.1 Å². The van der Waals surface area contributed by atoms with Crippen LogP contribution < -0.4 is 11.1 Å². The van der Waals surface area contributed by atoms with E-state index in [0.717, 1.165) is 6.42 Å². The number of fused-ring (bicyclic) bond motifs is 1. The molecule has 10 heteroatoms. The summed E-state index contributed by atoms with van der Waals surface area (Å²) in [6.07, 6.45) is 1.66. The van der Waals surface area contributed by atoms with Crippen LogP contribution in [0.2, 0.25) is 0 Å². The molecule has 30 heavy (non-hydrogen) atoms. The summed E-state index contributed by atoms with van der Waals surface area (Å²) in [4.78, 5) is 24.4. The van der Waals surface area contributed by atoms with Gasteiger partial charge in [-0.2, -0.15) is 4.31 Å². The Kier molecular flexibility index (Phi) is 6.99. The highest BCUT2D eigenvalue weighted by Crippen LogP contribution is 2.28. The molecule has 166 valence electrons. The molecule has 1 aliphatic rings. The Morgan fingerprint density at radius 2 is 1.97 bits per heavy atom. The molecule has 2 aromatic rings. The lowest BCUT2D eigenvalue weighted by atomic mass is 9.94. The number of rotatable bonds is 8. The molecule has 1 N–H and O–H groups in total. The molecule has 1 aromatic heterocycles. The third-order valence-electron chi connectivity index (χ3n) is 5.26. The Morgan fingerprint density at radius 1 is 1.27 bits per heavy atom. The molecule has 0 radical (unpaired) electrons. The summed E-state index contributed by atoms with van der Waals surface area (Å²) in [5, 5.41) is 2.71. The number of nitrogens with one attached hydrogen (secondary N) is 1. The second-order valence-corrected chi connectivity index (χ2v) is 9.99. The maximum atomic E-state index is 13.1. The maximum absolute atomic E-state index is 13.1. The lowest BCUT2D eigenvalue weighted by Gasteiger charge is -2.34. The zero-order valence-corrected chi connectivity index (χ0v) is 18.4. The lowest BCUT2D eigenvalue weighted by molar-refractivity contribution is -0.121. The Balaban J connectivity index is 1.81. The lowest BCUT2D eigenvalue weighted by Crippen LogP contribution is -2.42. The molecule has 3 rings (SSSR count). The van der Waals surface area contributed by atoms with Crippen LogP contribution in [0.1, 0.15) is 26.7 Å². The van der Waals surface area contributed by atoms with Crippen LogP contribution in [0.15, 0.2) is 32.3 Å². The second kappa shape index (κ2) is 9.32. The van der Waals surface area contributed by atoms with Crippen molar-refractivity contribution in [3.8, 4) is 0 Å². The first kappa shape index (κ1) is 22.5. The topological polar surface area (TPSA) is 111 Å². The molecule has 2 heterocycles. The largest absolute Gasteiger partial charge is 0.420 e. The van der Waals surface area contributed by atoms with Gasteiger partial charge in [-0.25, -0.2) is 13.2 Å². The number of carbonyl (C=O) groups excluding carboxylic acids is 1. The van der Waals surface area contributed by atoms with Gasteiger partial charge in [-0.3, -0.25) is 9.36 Å². The summed E-state index contributed by atoms with van der Waals surface area (Å²) >= 11 is 0. The molecule has 1 fully saturated rings. The van der Waals surface area contributed by atoms with Crippen LogP contribution in [0.3, 0.4) is 0 Å². The van der Waals surface area contributed by atoms with Gasteiger partial charge in [0, 0.05) is 39.4 Å². The number of benzene rings is 1. The van der Waals surface area contributed by atoms with Gasteiger partial charge in [0.2, 0.25) is 15.9 Å². The van der Waals surface area contributed by atoms with Crippen LogP contribution in [0.4, 0.5) is 0 Å². The van der Waals surface area contributed by atoms with E-state index in [2.05, 4.69) is 5.32 Å². The molecule has 1 amide bonds. The number of hydrogen-bond acceptors (Lipinski definition) is 6. The Bertz CT molecular complexity index is 1050. The molecule has 1 saturated heterocycles. The molecular formula is C20H29N3O6S. The SMILES string of the molecule is COCCCNC(=O)Cn1c(=O)oc2cc(S(=O)(=O)N3C[C@H](C)C[C@@H](C)C3)ccc21. The van der Waals surface area contributed by atoms with Crippen molar-refractivity contribution in [1.82, 2.24) is 14.2 Å². The summed E-state index contributed by atoms with van der Waals surface area (Å²) < 4.78 is 39.0. The van der Waals surface area contributed by atoms with Gasteiger partial charge in [-0.05, 0) is 36.8 Å². The van der Waals surface area contributed by atoms with Gasteiger partial charge in [0.05, 0.1) is 10.4 Å². The van der Waals surface area contributed by atoms with Crippen molar-refractivity contribution in [3.05, 3.63) is 28.7 Å². The van der Waals surface area contributed by atoms with E-state index in [0.29, 0.717) is 38.2 Å². The number of hydrogen-bond donors (Lipinski definition) is 1. The molecule has 0 spiro atoms. The number of amides is 1. The van der Waals surface area contributed by atoms with E-state index < -0.39 is 15.8 Å². The van der Waals surface area contributed by atoms with Crippen LogP contribution in [0, 0.1) is 11.8 Å². The first-order valence-corrected chi connectivity index (χ1v) is 11.6. The van der Waals surface area contributed by atoms with Crippen LogP contribution >= 0.6 is 0 Å². The summed E-state index contributed by atoms with van der Waals surface area (Å²) in [7, 11) is -2.11. The van der Waals surface area contributed by atoms with Crippen molar-refractivity contribution < 1.29 is 22.4 Å². The number of oxazole rings is 1. The van der Waals surface area contributed by atoms with E-state index in [1.165, 1.54) is 27.1 Å². The van der Waals surface area contributed by atoms with Crippen molar-refractivity contribution in [1.29, 1.82) is 0 Å². The average Bonchev–Trinajstić information content (AvgIpc) is 2.99. The minimum absolute atomic E-state index is 0.0845. The first-order valence-electron chi connectivity index (χ1n) is 10.1. The Morgan fingerprint density at radius 3 is 2.63 bits per heavy atom. The second-order valence-electron chi connectivity index (χ2n) is 8.05. The summed E-state index contributed by atoms with van der Waals surface area (Å²) in [6.45, 7) is 5.79. The van der Waals surface area contributed by atoms with E-state index in [9.17, 15) is 18.0 Å². The van der Waals surface area contributed by atoms with Crippen molar-refractivity contribution >= 4 is 27.0 Å². The van der Waals surface area contributed by atoms with Crippen LogP contribution in [-0.2, 0) is 26.1 Å². The molecule has 1 aromatic carbocycles. The molecule has 0 aliphatic carbocycles. The Labute approximate surface area is 176 Å². The fourth-order valence-corrected chi connectivity index (χ4v) is 5.65. The molecule has 0 unspecified atom stereocenters. The van der Waals surface area contributed by atoms with Crippen molar-refractivity contribution in [3.63, 3.8) is 0 Å². The predicted octanol–water partition coefficient (Wildman–Crippen LogP) is 1.41. The van der Waals surface area contributed by atoms with Crippen LogP contribution in [0.5, 0.6) is 0 Å². The molecule has 0 saturated carbocycles. The molecule has 2 atom stereocenters. The minimum atomic E-state index is -3.69. The molecule has 1 aliphatic heterocycles. The van der Waals surface area contributed by atoms with Gasteiger partial charge in [-0.15, -0.1) is 0 Å². The van der Waals surface area contributed by atoms with Crippen molar-refractivity contribution in [2.75, 3.05) is 33.4 Å². The molecule has 9 nitrogen and oxygen atoms in total.